The third-order valence-corrected chi connectivity index (χ3v) is 5.68. The van der Waals surface area contributed by atoms with Gasteiger partial charge in [-0.2, -0.15) is 0 Å². The molecule has 5 N–H and O–H groups in total. The number of rotatable bonds is 23. The summed E-state index contributed by atoms with van der Waals surface area (Å²) in [5, 5.41) is 25.5. The molecule has 0 aliphatic carbocycles. The van der Waals surface area contributed by atoms with E-state index in [-0.39, 0.29) is 26.4 Å². The van der Waals surface area contributed by atoms with Crippen LogP contribution in [0.2, 0.25) is 0 Å². The molecule has 0 atom stereocenters. The van der Waals surface area contributed by atoms with Crippen LogP contribution in [-0.2, 0) is 9.09 Å². The van der Waals surface area contributed by atoms with Gasteiger partial charge in [-0.3, -0.25) is 9.42 Å². The van der Waals surface area contributed by atoms with E-state index in [4.69, 9.17) is 25.1 Å². The summed E-state index contributed by atoms with van der Waals surface area (Å²) in [4.78, 5) is 18.8. The average Bonchev–Trinajstić information content (AvgIpc) is 2.76. The Balaban J connectivity index is 0. The summed E-state index contributed by atoms with van der Waals surface area (Å²) in [6.07, 6.45) is 21.7. The first-order valence-corrected chi connectivity index (χ1v) is 14.3. The summed E-state index contributed by atoms with van der Waals surface area (Å²) in [6, 6.07) is 0. The number of phosphoric ester groups is 1. The molecule has 0 aliphatic rings. The van der Waals surface area contributed by atoms with Gasteiger partial charge in [0.05, 0.1) is 26.4 Å². The van der Waals surface area contributed by atoms with Gasteiger partial charge in [-0.25, -0.2) is 4.57 Å². The number of nitrogens with zero attached hydrogens (tertiary/aromatic N) is 1. The third-order valence-electron chi connectivity index (χ3n) is 5.16. The lowest BCUT2D eigenvalue weighted by Crippen LogP contribution is -2.32. The molecule has 200 valence electrons. The second kappa shape index (κ2) is 27.9. The van der Waals surface area contributed by atoms with Gasteiger partial charge in [-0.05, 0) is 32.1 Å². The smallest absolute Gasteiger partial charge is 0.395 e. The van der Waals surface area contributed by atoms with E-state index in [2.05, 4.69) is 23.6 Å². The van der Waals surface area contributed by atoms with Crippen molar-refractivity contribution in [1.82, 2.24) is 4.90 Å². The van der Waals surface area contributed by atoms with Crippen molar-refractivity contribution in [2.24, 2.45) is 0 Å². The van der Waals surface area contributed by atoms with Gasteiger partial charge >= 0.3 is 7.82 Å². The molecule has 0 aromatic carbocycles. The number of hydrogen-bond acceptors (Lipinski definition) is 6. The normalized spacial score (nSPS) is 11.8. The van der Waals surface area contributed by atoms with Crippen molar-refractivity contribution in [3.63, 3.8) is 0 Å². The van der Waals surface area contributed by atoms with Crippen LogP contribution in [0.5, 0.6) is 0 Å². The van der Waals surface area contributed by atoms with Crippen LogP contribution in [0.1, 0.15) is 96.8 Å². The predicted molar refractivity (Wildman–Crippen MR) is 135 cm³/mol. The molecule has 0 saturated carbocycles. The van der Waals surface area contributed by atoms with Crippen molar-refractivity contribution in [3.05, 3.63) is 12.2 Å². The molecule has 0 amide bonds. The van der Waals surface area contributed by atoms with Crippen molar-refractivity contribution < 1.29 is 34.2 Å². The summed E-state index contributed by atoms with van der Waals surface area (Å²) in [6.45, 7) is 4.17. The van der Waals surface area contributed by atoms with Crippen molar-refractivity contribution in [2.75, 3.05) is 46.1 Å². The fraction of sp³-hybridized carbons (Fsp3) is 0.917. The zero-order valence-corrected chi connectivity index (χ0v) is 21.8. The Morgan fingerprint density at radius 1 is 0.667 bits per heavy atom. The van der Waals surface area contributed by atoms with E-state index in [1.54, 1.807) is 4.90 Å². The molecule has 0 aromatic rings. The minimum absolute atomic E-state index is 0.0694. The number of unbranched alkanes of at least 4 members (excludes halogenated alkanes) is 12. The first-order chi connectivity index (χ1) is 15.9. The van der Waals surface area contributed by atoms with E-state index in [0.717, 1.165) is 19.3 Å². The molecule has 0 unspecified atom stereocenters. The van der Waals surface area contributed by atoms with E-state index < -0.39 is 7.82 Å². The van der Waals surface area contributed by atoms with Crippen LogP contribution in [-0.4, -0.2) is 76.1 Å². The van der Waals surface area contributed by atoms with Gasteiger partial charge in [0.1, 0.15) is 0 Å². The largest absolute Gasteiger partial charge is 0.469 e. The Labute approximate surface area is 202 Å². The summed E-state index contributed by atoms with van der Waals surface area (Å²) < 4.78 is 14.9. The van der Waals surface area contributed by atoms with Gasteiger partial charge in [-0.15, -0.1) is 0 Å². The first-order valence-electron chi connectivity index (χ1n) is 12.8. The molecular weight excluding hydrogens is 445 g/mol. The molecule has 0 aromatic heterocycles. The minimum atomic E-state index is -4.26. The van der Waals surface area contributed by atoms with Gasteiger partial charge in [0.25, 0.3) is 0 Å². The topological polar surface area (TPSA) is 131 Å². The number of phosphoric acid groups is 1. The number of hydrogen-bond donors (Lipinski definition) is 5. The number of aliphatic hydroxyl groups is 3. The van der Waals surface area contributed by atoms with E-state index >= 15 is 0 Å². The fourth-order valence-electron chi connectivity index (χ4n) is 3.29. The van der Waals surface area contributed by atoms with Crippen LogP contribution in [0.4, 0.5) is 0 Å². The lowest BCUT2D eigenvalue weighted by atomic mass is 10.1. The van der Waals surface area contributed by atoms with Crippen molar-refractivity contribution in [3.8, 4) is 0 Å². The number of aliphatic hydroxyl groups excluding tert-OH is 3. The Morgan fingerprint density at radius 3 is 1.45 bits per heavy atom. The Bertz CT molecular complexity index is 432. The van der Waals surface area contributed by atoms with Gasteiger partial charge in [0.15, 0.2) is 0 Å². The monoisotopic (exact) mass is 497 g/mol. The fourth-order valence-corrected chi connectivity index (χ4v) is 3.66. The molecule has 0 spiro atoms. The lowest BCUT2D eigenvalue weighted by molar-refractivity contribution is 0.136. The molecule has 0 aliphatic heterocycles. The van der Waals surface area contributed by atoms with Crippen LogP contribution >= 0.6 is 7.82 Å². The number of allylic oxidation sites excluding steroid dienone is 2. The van der Waals surface area contributed by atoms with Gasteiger partial charge in [0, 0.05) is 19.6 Å². The van der Waals surface area contributed by atoms with E-state index in [9.17, 15) is 4.57 Å². The highest BCUT2D eigenvalue weighted by molar-refractivity contribution is 7.46. The predicted octanol–water partition coefficient (Wildman–Crippen LogP) is 4.40. The van der Waals surface area contributed by atoms with E-state index in [1.807, 2.05) is 0 Å². The summed E-state index contributed by atoms with van der Waals surface area (Å²) >= 11 is 0. The minimum Gasteiger partial charge on any atom is -0.395 e. The maximum absolute atomic E-state index is 10.5. The molecule has 0 radical (unpaired) electrons. The van der Waals surface area contributed by atoms with E-state index in [0.29, 0.717) is 19.6 Å². The molecule has 9 heteroatoms. The summed E-state index contributed by atoms with van der Waals surface area (Å²) in [5.41, 5.74) is 0. The van der Waals surface area contributed by atoms with Crippen LogP contribution in [0.25, 0.3) is 0 Å². The van der Waals surface area contributed by atoms with Crippen molar-refractivity contribution >= 4 is 7.82 Å². The molecule has 33 heavy (non-hydrogen) atoms. The van der Waals surface area contributed by atoms with Crippen LogP contribution in [0.3, 0.4) is 0 Å². The first kappa shape index (κ1) is 34.9. The second-order valence-corrected chi connectivity index (χ2v) is 9.51. The lowest BCUT2D eigenvalue weighted by Gasteiger charge is -2.17. The third kappa shape index (κ3) is 33.9. The highest BCUT2D eigenvalue weighted by Crippen LogP contribution is 2.35. The quantitative estimate of drug-likeness (QED) is 0.0798. The Kier molecular flexibility index (Phi) is 29.5. The maximum atomic E-state index is 10.5. The molecule has 0 fully saturated rings. The highest BCUT2D eigenvalue weighted by atomic mass is 31.2. The van der Waals surface area contributed by atoms with Crippen molar-refractivity contribution in [1.29, 1.82) is 0 Å². The van der Waals surface area contributed by atoms with Crippen molar-refractivity contribution in [2.45, 2.75) is 96.8 Å². The molecule has 0 heterocycles. The summed E-state index contributed by atoms with van der Waals surface area (Å²) in [7, 11) is -4.26. The Morgan fingerprint density at radius 2 is 1.06 bits per heavy atom. The van der Waals surface area contributed by atoms with E-state index in [1.165, 1.54) is 70.6 Å². The van der Waals surface area contributed by atoms with Crippen LogP contribution < -0.4 is 0 Å². The molecule has 0 rings (SSSR count). The zero-order valence-electron chi connectivity index (χ0n) is 21.0. The molecular formula is C24H52NO7P. The van der Waals surface area contributed by atoms with Crippen LogP contribution in [0, 0.1) is 0 Å². The van der Waals surface area contributed by atoms with Gasteiger partial charge < -0.3 is 25.1 Å². The summed E-state index contributed by atoms with van der Waals surface area (Å²) in [5.74, 6) is 0. The van der Waals surface area contributed by atoms with Crippen LogP contribution in [0.15, 0.2) is 12.2 Å². The second-order valence-electron chi connectivity index (χ2n) is 8.27. The molecule has 0 saturated heterocycles. The molecule has 0 bridgehead atoms. The maximum Gasteiger partial charge on any atom is 0.469 e. The van der Waals surface area contributed by atoms with Gasteiger partial charge in [0.2, 0.25) is 0 Å². The zero-order chi connectivity index (χ0) is 25.0. The van der Waals surface area contributed by atoms with Gasteiger partial charge in [-0.1, -0.05) is 76.9 Å². The highest BCUT2D eigenvalue weighted by Gasteiger charge is 2.12. The Hall–Kier alpha value is -0.310. The molecule has 8 nitrogen and oxygen atoms in total. The SMILES string of the molecule is CCCCCCCC/C=C\CCCCCCCCOP(=O)(O)O.OCCN(CCO)CCO. The average molecular weight is 498 g/mol. The standard InChI is InChI=1S/C18H37O4P.C6H15NO3/c1-2-3-4-5-6-7-8-9-10-11-12-13-14-15-16-17-18-22-23(19,20)21;8-4-1-7(2-5-9)3-6-10/h9-10H,2-8,11-18H2,1H3,(H2,19,20,21);8-10H,1-6H2/b10-9-;.